The lowest BCUT2D eigenvalue weighted by Gasteiger charge is -2.09. The number of carbonyl (C=O) groups excluding carboxylic acids is 1. The lowest BCUT2D eigenvalue weighted by atomic mass is 10.3. The monoisotopic (exact) mass is 291 g/mol. The van der Waals surface area contributed by atoms with Crippen molar-refractivity contribution in [1.29, 1.82) is 0 Å². The Kier molecular flexibility index (Phi) is 4.50. The van der Waals surface area contributed by atoms with Gasteiger partial charge in [0.15, 0.2) is 11.4 Å². The average Bonchev–Trinajstić information content (AvgIpc) is 2.54. The van der Waals surface area contributed by atoms with E-state index in [4.69, 9.17) is 14.2 Å². The van der Waals surface area contributed by atoms with Gasteiger partial charge in [-0.3, -0.25) is 0 Å². The van der Waals surface area contributed by atoms with Crippen LogP contribution in [0.3, 0.4) is 0 Å². The Morgan fingerprint density at radius 3 is 2.33 bits per heavy atom. The fourth-order valence-corrected chi connectivity index (χ4v) is 1.46. The van der Waals surface area contributed by atoms with E-state index in [2.05, 4.69) is 19.7 Å². The SMILES string of the molecule is COC(=O)c1ncccc1Oc1nc(OC)cc(OC)n1. The smallest absolute Gasteiger partial charge is 0.360 e. The Labute approximate surface area is 120 Å². The highest BCUT2D eigenvalue weighted by Crippen LogP contribution is 2.25. The minimum absolute atomic E-state index is 0.0189. The molecule has 0 bridgehead atoms. The van der Waals surface area contributed by atoms with Crippen molar-refractivity contribution in [2.75, 3.05) is 21.3 Å². The zero-order chi connectivity index (χ0) is 15.2. The van der Waals surface area contributed by atoms with E-state index in [0.29, 0.717) is 0 Å². The van der Waals surface area contributed by atoms with Crippen LogP contribution in [0.1, 0.15) is 10.5 Å². The summed E-state index contributed by atoms with van der Waals surface area (Å²) in [6.45, 7) is 0. The predicted octanol–water partition coefficient (Wildman–Crippen LogP) is 1.47. The molecule has 0 unspecified atom stereocenters. The molecule has 0 spiro atoms. The van der Waals surface area contributed by atoms with E-state index in [1.165, 1.54) is 33.6 Å². The standard InChI is InChI=1S/C13H13N3O5/c1-18-9-7-10(19-2)16-13(15-9)21-8-5-4-6-14-11(8)12(17)20-3/h4-7H,1-3H3. The van der Waals surface area contributed by atoms with Gasteiger partial charge in [-0.1, -0.05) is 0 Å². The summed E-state index contributed by atoms with van der Waals surface area (Å²) in [5, 5.41) is 0. The molecule has 0 amide bonds. The van der Waals surface area contributed by atoms with Crippen molar-refractivity contribution in [2.24, 2.45) is 0 Å². The van der Waals surface area contributed by atoms with Crippen molar-refractivity contribution < 1.29 is 23.7 Å². The summed E-state index contributed by atoms with van der Waals surface area (Å²) in [5.41, 5.74) is 0.0189. The number of ether oxygens (including phenoxy) is 4. The van der Waals surface area contributed by atoms with Crippen LogP contribution < -0.4 is 14.2 Å². The highest BCUT2D eigenvalue weighted by atomic mass is 16.5. The molecule has 0 fully saturated rings. The van der Waals surface area contributed by atoms with Gasteiger partial charge in [-0.05, 0) is 12.1 Å². The van der Waals surface area contributed by atoms with Crippen molar-refractivity contribution in [3.8, 4) is 23.5 Å². The average molecular weight is 291 g/mol. The van der Waals surface area contributed by atoms with Crippen LogP contribution in [0.2, 0.25) is 0 Å². The molecule has 2 heterocycles. The molecule has 21 heavy (non-hydrogen) atoms. The van der Waals surface area contributed by atoms with Crippen molar-refractivity contribution in [3.63, 3.8) is 0 Å². The van der Waals surface area contributed by atoms with E-state index in [1.807, 2.05) is 0 Å². The Bertz CT molecular complexity index is 625. The largest absolute Gasteiger partial charge is 0.481 e. The minimum atomic E-state index is -0.625. The van der Waals surface area contributed by atoms with E-state index in [0.717, 1.165) is 0 Å². The molecule has 0 saturated heterocycles. The second kappa shape index (κ2) is 6.51. The molecule has 110 valence electrons. The molecule has 8 nitrogen and oxygen atoms in total. The molecule has 0 saturated carbocycles. The van der Waals surface area contributed by atoms with Crippen molar-refractivity contribution >= 4 is 5.97 Å². The molecule has 8 heteroatoms. The van der Waals surface area contributed by atoms with Gasteiger partial charge in [0, 0.05) is 6.20 Å². The number of pyridine rings is 1. The van der Waals surface area contributed by atoms with Crippen molar-refractivity contribution in [2.45, 2.75) is 0 Å². The second-order valence-electron chi connectivity index (χ2n) is 3.68. The zero-order valence-corrected chi connectivity index (χ0v) is 11.7. The van der Waals surface area contributed by atoms with Crippen LogP contribution in [0.4, 0.5) is 0 Å². The van der Waals surface area contributed by atoms with Gasteiger partial charge in [0.2, 0.25) is 11.8 Å². The summed E-state index contributed by atoms with van der Waals surface area (Å²) >= 11 is 0. The third kappa shape index (κ3) is 3.35. The molecule has 0 N–H and O–H groups in total. The number of methoxy groups -OCH3 is 3. The number of aromatic nitrogens is 3. The summed E-state index contributed by atoms with van der Waals surface area (Å²) in [7, 11) is 4.16. The molecule has 2 rings (SSSR count). The van der Waals surface area contributed by atoms with Gasteiger partial charge in [0.25, 0.3) is 0 Å². The van der Waals surface area contributed by atoms with Gasteiger partial charge in [-0.25, -0.2) is 9.78 Å². The molecular formula is C13H13N3O5. The number of hydrogen-bond acceptors (Lipinski definition) is 8. The summed E-state index contributed by atoms with van der Waals surface area (Å²) in [4.78, 5) is 23.5. The summed E-state index contributed by atoms with van der Waals surface area (Å²) in [6, 6.07) is 4.62. The van der Waals surface area contributed by atoms with Crippen LogP contribution >= 0.6 is 0 Å². The molecular weight excluding hydrogens is 278 g/mol. The Morgan fingerprint density at radius 2 is 1.76 bits per heavy atom. The first-order valence-corrected chi connectivity index (χ1v) is 5.86. The Morgan fingerprint density at radius 1 is 1.10 bits per heavy atom. The predicted molar refractivity (Wildman–Crippen MR) is 70.8 cm³/mol. The number of rotatable bonds is 5. The number of carbonyl (C=O) groups is 1. The highest BCUT2D eigenvalue weighted by Gasteiger charge is 2.17. The van der Waals surface area contributed by atoms with Crippen LogP contribution in [0.25, 0.3) is 0 Å². The molecule has 0 atom stereocenters. The number of hydrogen-bond donors (Lipinski definition) is 0. The molecule has 0 radical (unpaired) electrons. The van der Waals surface area contributed by atoms with E-state index < -0.39 is 5.97 Å². The number of nitrogens with zero attached hydrogens (tertiary/aromatic N) is 3. The van der Waals surface area contributed by atoms with Crippen LogP contribution in [0.5, 0.6) is 23.5 Å². The van der Waals surface area contributed by atoms with Crippen molar-refractivity contribution in [1.82, 2.24) is 15.0 Å². The fourth-order valence-electron chi connectivity index (χ4n) is 1.46. The molecule has 2 aromatic heterocycles. The van der Waals surface area contributed by atoms with Gasteiger partial charge in [-0.2, -0.15) is 9.97 Å². The highest BCUT2D eigenvalue weighted by molar-refractivity contribution is 5.90. The third-order valence-electron chi connectivity index (χ3n) is 2.43. The molecule has 0 aliphatic rings. The summed E-state index contributed by atoms with van der Waals surface area (Å²) in [5.74, 6) is 0.0702. The lowest BCUT2D eigenvalue weighted by Crippen LogP contribution is -2.07. The van der Waals surface area contributed by atoms with E-state index >= 15 is 0 Å². The second-order valence-corrected chi connectivity index (χ2v) is 3.68. The third-order valence-corrected chi connectivity index (χ3v) is 2.43. The first-order chi connectivity index (χ1) is 10.2. The summed E-state index contributed by atoms with van der Waals surface area (Å²) in [6.07, 6.45) is 1.45. The first-order valence-electron chi connectivity index (χ1n) is 5.86. The van der Waals surface area contributed by atoms with E-state index in [9.17, 15) is 4.79 Å². The van der Waals surface area contributed by atoms with Gasteiger partial charge in [0.05, 0.1) is 27.4 Å². The van der Waals surface area contributed by atoms with Crippen LogP contribution in [-0.2, 0) is 4.74 Å². The first kappa shape index (κ1) is 14.5. The molecule has 0 aromatic carbocycles. The van der Waals surface area contributed by atoms with Crippen LogP contribution in [0.15, 0.2) is 24.4 Å². The molecule has 0 aliphatic carbocycles. The Hall–Kier alpha value is -2.90. The zero-order valence-electron chi connectivity index (χ0n) is 11.7. The normalized spacial score (nSPS) is 9.86. The summed E-state index contributed by atoms with van der Waals surface area (Å²) < 4.78 is 20.1. The number of esters is 1. The van der Waals surface area contributed by atoms with Gasteiger partial charge >= 0.3 is 12.0 Å². The minimum Gasteiger partial charge on any atom is -0.481 e. The van der Waals surface area contributed by atoms with Gasteiger partial charge in [-0.15, -0.1) is 0 Å². The maximum absolute atomic E-state index is 11.6. The van der Waals surface area contributed by atoms with Gasteiger partial charge in [0.1, 0.15) is 0 Å². The lowest BCUT2D eigenvalue weighted by molar-refractivity contribution is 0.0590. The molecule has 0 aliphatic heterocycles. The van der Waals surface area contributed by atoms with Crippen LogP contribution in [-0.4, -0.2) is 42.3 Å². The van der Waals surface area contributed by atoms with Crippen LogP contribution in [0, 0.1) is 0 Å². The van der Waals surface area contributed by atoms with E-state index in [1.54, 1.807) is 12.1 Å². The van der Waals surface area contributed by atoms with Gasteiger partial charge < -0.3 is 18.9 Å². The quantitative estimate of drug-likeness (QED) is 0.764. The maximum atomic E-state index is 11.6. The topological polar surface area (TPSA) is 92.7 Å². The Balaban J connectivity index is 2.36. The van der Waals surface area contributed by atoms with Crippen molar-refractivity contribution in [3.05, 3.63) is 30.1 Å². The fraction of sp³-hybridized carbons (Fsp3) is 0.231. The maximum Gasteiger partial charge on any atom is 0.360 e. The molecule has 2 aromatic rings. The van der Waals surface area contributed by atoms with E-state index in [-0.39, 0.29) is 29.2 Å².